The highest BCUT2D eigenvalue weighted by atomic mass is 16.5. The zero-order valence-corrected chi connectivity index (χ0v) is 12.9. The molecule has 3 rings (SSSR count). The largest absolute Gasteiger partial charge is 0.377 e. The lowest BCUT2D eigenvalue weighted by atomic mass is 9.48. The molecule has 1 aliphatic heterocycles. The maximum Gasteiger partial charge on any atom is 0.241 e. The van der Waals surface area contributed by atoms with Crippen LogP contribution in [0.3, 0.4) is 0 Å². The molecule has 0 aromatic heterocycles. The van der Waals surface area contributed by atoms with E-state index in [0.717, 1.165) is 25.5 Å². The number of nitrogens with one attached hydrogen (secondary N) is 1. The minimum Gasteiger partial charge on any atom is -0.377 e. The minimum atomic E-state index is -0.754. The topological polar surface area (TPSA) is 64.4 Å². The van der Waals surface area contributed by atoms with Gasteiger partial charge in [0.1, 0.15) is 5.54 Å². The second-order valence-corrected chi connectivity index (χ2v) is 7.66. The Morgan fingerprint density at radius 2 is 2.10 bits per heavy atom. The number of carbonyl (C=O) groups is 1. The summed E-state index contributed by atoms with van der Waals surface area (Å²) < 4.78 is 5.75. The number of fused-ring (bicyclic) bond motifs is 1. The fourth-order valence-corrected chi connectivity index (χ4v) is 4.74. The summed E-state index contributed by atoms with van der Waals surface area (Å²) in [6.07, 6.45) is 4.89. The first-order chi connectivity index (χ1) is 9.39. The minimum absolute atomic E-state index is 0.0355. The quantitative estimate of drug-likeness (QED) is 0.826. The molecule has 3 N–H and O–H groups in total. The van der Waals surface area contributed by atoms with Crippen LogP contribution in [0.25, 0.3) is 0 Å². The Bertz CT molecular complexity index is 409. The number of hydrogen-bond acceptors (Lipinski definition) is 3. The smallest absolute Gasteiger partial charge is 0.241 e. The number of hydrogen-bond donors (Lipinski definition) is 2. The van der Waals surface area contributed by atoms with E-state index in [1.807, 2.05) is 0 Å². The second-order valence-electron chi connectivity index (χ2n) is 7.66. The van der Waals surface area contributed by atoms with Crippen LogP contribution in [-0.4, -0.2) is 30.7 Å². The summed E-state index contributed by atoms with van der Waals surface area (Å²) in [5.41, 5.74) is 5.52. The van der Waals surface area contributed by atoms with Crippen LogP contribution in [0.5, 0.6) is 0 Å². The van der Waals surface area contributed by atoms with Crippen molar-refractivity contribution in [1.29, 1.82) is 0 Å². The van der Waals surface area contributed by atoms with Gasteiger partial charge >= 0.3 is 0 Å². The Morgan fingerprint density at radius 3 is 2.75 bits per heavy atom. The van der Waals surface area contributed by atoms with E-state index in [0.29, 0.717) is 5.92 Å². The molecule has 2 aliphatic carbocycles. The number of amides is 1. The van der Waals surface area contributed by atoms with E-state index in [-0.39, 0.29) is 23.3 Å². The molecule has 0 aromatic carbocycles. The molecule has 4 heteroatoms. The van der Waals surface area contributed by atoms with E-state index in [4.69, 9.17) is 10.5 Å². The molecule has 114 valence electrons. The molecular formula is C16H28N2O2. The number of rotatable bonds is 3. The standard InChI is InChI=1S/C16H28N2O2/c1-10-5-4-6-11(10)9-18-14(19)16(17)12-7-8-20-13(12)15(16,2)3/h10-13H,4-9,17H2,1-3H3,(H,18,19). The summed E-state index contributed by atoms with van der Waals surface area (Å²) in [5.74, 6) is 1.58. The molecule has 1 heterocycles. The maximum absolute atomic E-state index is 12.7. The van der Waals surface area contributed by atoms with E-state index in [9.17, 15) is 4.79 Å². The van der Waals surface area contributed by atoms with Gasteiger partial charge in [0.15, 0.2) is 0 Å². The average molecular weight is 280 g/mol. The molecule has 0 aromatic rings. The number of ether oxygens (including phenoxy) is 1. The van der Waals surface area contributed by atoms with E-state index in [1.54, 1.807) is 0 Å². The van der Waals surface area contributed by atoms with Crippen LogP contribution >= 0.6 is 0 Å². The first-order valence-electron chi connectivity index (χ1n) is 8.08. The van der Waals surface area contributed by atoms with Gasteiger partial charge in [-0.15, -0.1) is 0 Å². The molecule has 4 nitrogen and oxygen atoms in total. The molecule has 2 saturated carbocycles. The Hall–Kier alpha value is -0.610. The lowest BCUT2D eigenvalue weighted by Gasteiger charge is -2.60. The zero-order valence-electron chi connectivity index (χ0n) is 12.9. The summed E-state index contributed by atoms with van der Waals surface area (Å²) in [6, 6.07) is 0. The van der Waals surface area contributed by atoms with Gasteiger partial charge in [0.25, 0.3) is 0 Å². The van der Waals surface area contributed by atoms with Gasteiger partial charge in [-0.1, -0.05) is 33.6 Å². The normalized spacial score (nSPS) is 45.8. The molecule has 1 saturated heterocycles. The highest BCUT2D eigenvalue weighted by Crippen LogP contribution is 2.58. The molecule has 3 fully saturated rings. The van der Waals surface area contributed by atoms with Gasteiger partial charge in [-0.25, -0.2) is 0 Å². The molecule has 20 heavy (non-hydrogen) atoms. The van der Waals surface area contributed by atoms with E-state index in [2.05, 4.69) is 26.1 Å². The molecule has 5 unspecified atom stereocenters. The van der Waals surface area contributed by atoms with Crippen molar-refractivity contribution in [2.75, 3.05) is 13.2 Å². The maximum atomic E-state index is 12.7. The summed E-state index contributed by atoms with van der Waals surface area (Å²) >= 11 is 0. The highest BCUT2D eigenvalue weighted by Gasteiger charge is 2.71. The van der Waals surface area contributed by atoms with Gasteiger partial charge in [-0.2, -0.15) is 0 Å². The van der Waals surface area contributed by atoms with Crippen molar-refractivity contribution in [3.8, 4) is 0 Å². The van der Waals surface area contributed by atoms with Crippen LogP contribution in [0.4, 0.5) is 0 Å². The fourth-order valence-electron chi connectivity index (χ4n) is 4.74. The van der Waals surface area contributed by atoms with Crippen molar-refractivity contribution >= 4 is 5.91 Å². The third kappa shape index (κ3) is 1.77. The summed E-state index contributed by atoms with van der Waals surface area (Å²) in [7, 11) is 0. The monoisotopic (exact) mass is 280 g/mol. The predicted molar refractivity (Wildman–Crippen MR) is 78.1 cm³/mol. The van der Waals surface area contributed by atoms with Crippen LogP contribution < -0.4 is 11.1 Å². The SMILES string of the molecule is CC1CCCC1CNC(=O)C1(N)C2CCOC2C1(C)C. The summed E-state index contributed by atoms with van der Waals surface area (Å²) in [5, 5.41) is 3.15. The van der Waals surface area contributed by atoms with Crippen LogP contribution in [0.1, 0.15) is 46.5 Å². The van der Waals surface area contributed by atoms with Crippen molar-refractivity contribution in [1.82, 2.24) is 5.32 Å². The highest BCUT2D eigenvalue weighted by molar-refractivity contribution is 5.89. The van der Waals surface area contributed by atoms with Crippen LogP contribution in [-0.2, 0) is 9.53 Å². The Labute approximate surface area is 121 Å². The molecule has 5 atom stereocenters. The molecule has 0 radical (unpaired) electrons. The summed E-state index contributed by atoms with van der Waals surface area (Å²) in [4.78, 5) is 12.7. The van der Waals surface area contributed by atoms with Crippen molar-refractivity contribution in [2.24, 2.45) is 28.9 Å². The zero-order chi connectivity index (χ0) is 14.5. The van der Waals surface area contributed by atoms with Gasteiger partial charge in [-0.05, 0) is 24.7 Å². The van der Waals surface area contributed by atoms with E-state index >= 15 is 0 Å². The third-order valence-corrected chi connectivity index (χ3v) is 6.39. The fraction of sp³-hybridized carbons (Fsp3) is 0.938. The first-order valence-corrected chi connectivity index (χ1v) is 8.08. The molecular weight excluding hydrogens is 252 g/mol. The van der Waals surface area contributed by atoms with Crippen LogP contribution in [0.15, 0.2) is 0 Å². The second kappa shape index (κ2) is 4.70. The van der Waals surface area contributed by atoms with Gasteiger partial charge in [-0.3, -0.25) is 4.79 Å². The Balaban J connectivity index is 1.64. The molecule has 0 spiro atoms. The average Bonchev–Trinajstić information content (AvgIpc) is 3.03. The van der Waals surface area contributed by atoms with Crippen molar-refractivity contribution in [3.05, 3.63) is 0 Å². The summed E-state index contributed by atoms with van der Waals surface area (Å²) in [6.45, 7) is 7.95. The van der Waals surface area contributed by atoms with E-state index < -0.39 is 5.54 Å². The van der Waals surface area contributed by atoms with Crippen molar-refractivity contribution in [3.63, 3.8) is 0 Å². The lowest BCUT2D eigenvalue weighted by molar-refractivity contribution is -0.175. The third-order valence-electron chi connectivity index (χ3n) is 6.39. The van der Waals surface area contributed by atoms with Crippen LogP contribution in [0, 0.1) is 23.2 Å². The molecule has 3 aliphatic rings. The Kier molecular flexibility index (Phi) is 3.37. The van der Waals surface area contributed by atoms with Gasteiger partial charge in [0.2, 0.25) is 5.91 Å². The van der Waals surface area contributed by atoms with Gasteiger partial charge < -0.3 is 15.8 Å². The lowest BCUT2D eigenvalue weighted by Crippen LogP contribution is -2.80. The number of nitrogens with two attached hydrogens (primary N) is 1. The number of carbonyl (C=O) groups excluding carboxylic acids is 1. The van der Waals surface area contributed by atoms with Gasteiger partial charge in [0.05, 0.1) is 6.10 Å². The van der Waals surface area contributed by atoms with Gasteiger partial charge in [0, 0.05) is 24.5 Å². The predicted octanol–water partition coefficient (Wildman–Crippen LogP) is 1.68. The molecule has 1 amide bonds. The first kappa shape index (κ1) is 14.3. The van der Waals surface area contributed by atoms with Crippen LogP contribution in [0.2, 0.25) is 0 Å². The van der Waals surface area contributed by atoms with Crippen molar-refractivity contribution in [2.45, 2.75) is 58.1 Å². The van der Waals surface area contributed by atoms with E-state index in [1.165, 1.54) is 19.3 Å². The Morgan fingerprint density at radius 1 is 1.35 bits per heavy atom. The van der Waals surface area contributed by atoms with Crippen molar-refractivity contribution < 1.29 is 9.53 Å². The molecule has 0 bridgehead atoms.